The van der Waals surface area contributed by atoms with Crippen molar-refractivity contribution >= 4 is 45.3 Å². The van der Waals surface area contributed by atoms with Gasteiger partial charge in [0, 0.05) is 35.4 Å². The van der Waals surface area contributed by atoms with Crippen LogP contribution in [0.1, 0.15) is 12.8 Å². The van der Waals surface area contributed by atoms with Gasteiger partial charge in [-0.25, -0.2) is 19.5 Å². The van der Waals surface area contributed by atoms with Gasteiger partial charge in [0.25, 0.3) is 0 Å². The fourth-order valence-electron chi connectivity index (χ4n) is 4.44. The lowest BCUT2D eigenvalue weighted by Gasteiger charge is -2.25. The minimum absolute atomic E-state index is 0.380. The van der Waals surface area contributed by atoms with Crippen LogP contribution in [0.25, 0.3) is 16.6 Å². The standard InChI is InChI=1S/C26H25ClN8O2/c1-36-24-13-21-19(12-22(24)33-16-4-7-28-8-5-16)26(31-14-29-21)34-17-2-3-23(20(27)10-17)37-18-6-9-35-25(11-18)30-15-32-35/h2-3,6,9-16,28,33H,4-5,7-8H2,1H3,(H,29,31,34). The Kier molecular flexibility index (Phi) is 6.33. The molecular weight excluding hydrogens is 492 g/mol. The number of rotatable bonds is 7. The van der Waals surface area contributed by atoms with Crippen LogP contribution in [0.15, 0.2) is 61.3 Å². The molecule has 2 aromatic carbocycles. The number of nitrogens with one attached hydrogen (secondary N) is 3. The topological polar surface area (TPSA) is 111 Å². The highest BCUT2D eigenvalue weighted by Gasteiger charge is 2.17. The van der Waals surface area contributed by atoms with Crippen LogP contribution in [0, 0.1) is 0 Å². The monoisotopic (exact) mass is 516 g/mol. The summed E-state index contributed by atoms with van der Waals surface area (Å²) in [7, 11) is 1.67. The van der Waals surface area contributed by atoms with E-state index in [9.17, 15) is 0 Å². The predicted octanol–water partition coefficient (Wildman–Crippen LogP) is 5.03. The first-order valence-corrected chi connectivity index (χ1v) is 12.4. The van der Waals surface area contributed by atoms with Gasteiger partial charge in [0.2, 0.25) is 0 Å². The fourth-order valence-corrected chi connectivity index (χ4v) is 4.66. The molecule has 0 saturated carbocycles. The second kappa shape index (κ2) is 10.1. The quantitative estimate of drug-likeness (QED) is 0.274. The van der Waals surface area contributed by atoms with E-state index in [4.69, 9.17) is 21.1 Å². The van der Waals surface area contributed by atoms with Gasteiger partial charge in [0.1, 0.15) is 35.7 Å². The lowest BCUT2D eigenvalue weighted by Crippen LogP contribution is -2.35. The molecule has 37 heavy (non-hydrogen) atoms. The number of anilines is 3. The van der Waals surface area contributed by atoms with Gasteiger partial charge < -0.3 is 25.4 Å². The summed E-state index contributed by atoms with van der Waals surface area (Å²) in [6.07, 6.45) is 6.91. The minimum atomic E-state index is 0.380. The van der Waals surface area contributed by atoms with Crippen LogP contribution >= 0.6 is 11.6 Å². The number of pyridine rings is 1. The van der Waals surface area contributed by atoms with Gasteiger partial charge in [0.05, 0.1) is 23.3 Å². The Hall–Kier alpha value is -4.15. The number of hydrogen-bond donors (Lipinski definition) is 3. The smallest absolute Gasteiger partial charge is 0.158 e. The average Bonchev–Trinajstić information content (AvgIpc) is 3.39. The van der Waals surface area contributed by atoms with Gasteiger partial charge >= 0.3 is 0 Å². The summed E-state index contributed by atoms with van der Waals surface area (Å²) in [5.74, 6) is 2.57. The first-order chi connectivity index (χ1) is 18.2. The van der Waals surface area contributed by atoms with Gasteiger partial charge in [-0.15, -0.1) is 0 Å². The molecule has 0 unspecified atom stereocenters. The molecule has 188 valence electrons. The summed E-state index contributed by atoms with van der Waals surface area (Å²) in [5, 5.41) is 15.8. The molecule has 5 aromatic rings. The normalized spacial score (nSPS) is 14.1. The maximum Gasteiger partial charge on any atom is 0.158 e. The van der Waals surface area contributed by atoms with Gasteiger partial charge in [-0.05, 0) is 56.3 Å². The molecule has 1 aliphatic heterocycles. The van der Waals surface area contributed by atoms with E-state index >= 15 is 0 Å². The van der Waals surface area contributed by atoms with E-state index < -0.39 is 0 Å². The van der Waals surface area contributed by atoms with Crippen molar-refractivity contribution in [2.24, 2.45) is 0 Å². The zero-order valence-electron chi connectivity index (χ0n) is 20.1. The van der Waals surface area contributed by atoms with Crippen molar-refractivity contribution in [2.75, 3.05) is 30.8 Å². The van der Waals surface area contributed by atoms with E-state index in [1.54, 1.807) is 36.0 Å². The van der Waals surface area contributed by atoms with E-state index in [0.717, 1.165) is 54.0 Å². The summed E-state index contributed by atoms with van der Waals surface area (Å²) in [6.45, 7) is 2.00. The first-order valence-electron chi connectivity index (χ1n) is 12.0. The van der Waals surface area contributed by atoms with E-state index in [1.807, 2.05) is 24.3 Å². The Balaban J connectivity index is 1.26. The number of benzene rings is 2. The Morgan fingerprint density at radius 3 is 2.73 bits per heavy atom. The summed E-state index contributed by atoms with van der Waals surface area (Å²) >= 11 is 6.57. The van der Waals surface area contributed by atoms with Gasteiger partial charge in [-0.3, -0.25) is 0 Å². The Bertz CT molecular complexity index is 1570. The Morgan fingerprint density at radius 2 is 1.89 bits per heavy atom. The molecular formula is C26H25ClN8O2. The summed E-state index contributed by atoms with van der Waals surface area (Å²) in [4.78, 5) is 13.1. The van der Waals surface area contributed by atoms with Crippen LogP contribution in [0.2, 0.25) is 5.02 Å². The SMILES string of the molecule is COc1cc2ncnc(Nc3ccc(Oc4ccn5ncnc5c4)c(Cl)c3)c2cc1NC1CCNCC1. The molecule has 0 radical (unpaired) electrons. The molecule has 1 fully saturated rings. The number of nitrogens with zero attached hydrogens (tertiary/aromatic N) is 5. The van der Waals surface area contributed by atoms with E-state index in [0.29, 0.717) is 34.0 Å². The number of halogens is 1. The molecule has 0 amide bonds. The molecule has 11 heteroatoms. The van der Waals surface area contributed by atoms with Crippen LogP contribution in [-0.2, 0) is 0 Å². The zero-order valence-corrected chi connectivity index (χ0v) is 20.9. The Morgan fingerprint density at radius 1 is 1.00 bits per heavy atom. The number of hydrogen-bond acceptors (Lipinski definition) is 9. The third-order valence-electron chi connectivity index (χ3n) is 6.33. The lowest BCUT2D eigenvalue weighted by molar-refractivity contribution is 0.414. The highest BCUT2D eigenvalue weighted by molar-refractivity contribution is 6.32. The van der Waals surface area contributed by atoms with Gasteiger partial charge in [0.15, 0.2) is 5.65 Å². The largest absolute Gasteiger partial charge is 0.495 e. The average molecular weight is 517 g/mol. The van der Waals surface area contributed by atoms with Crippen LogP contribution in [0.4, 0.5) is 17.2 Å². The molecule has 0 bridgehead atoms. The third kappa shape index (κ3) is 4.93. The summed E-state index contributed by atoms with van der Waals surface area (Å²) in [5.41, 5.74) is 3.16. The second-order valence-corrected chi connectivity index (χ2v) is 9.17. The highest BCUT2D eigenvalue weighted by atomic mass is 35.5. The number of aromatic nitrogens is 5. The first kappa shape index (κ1) is 23.3. The van der Waals surface area contributed by atoms with Crippen LogP contribution in [0.5, 0.6) is 17.2 Å². The van der Waals surface area contributed by atoms with Gasteiger partial charge in [-0.2, -0.15) is 5.10 Å². The van der Waals surface area contributed by atoms with Crippen molar-refractivity contribution in [3.63, 3.8) is 0 Å². The van der Waals surface area contributed by atoms with Crippen molar-refractivity contribution < 1.29 is 9.47 Å². The van der Waals surface area contributed by atoms with Crippen LogP contribution < -0.4 is 25.4 Å². The maximum absolute atomic E-state index is 6.57. The number of fused-ring (bicyclic) bond motifs is 2. The van der Waals surface area contributed by atoms with Gasteiger partial charge in [-0.1, -0.05) is 11.6 Å². The highest BCUT2D eigenvalue weighted by Crippen LogP contribution is 2.36. The molecule has 0 aliphatic carbocycles. The predicted molar refractivity (Wildman–Crippen MR) is 143 cm³/mol. The number of piperidine rings is 1. The van der Waals surface area contributed by atoms with E-state index in [1.165, 1.54) is 12.7 Å². The van der Waals surface area contributed by atoms with E-state index in [-0.39, 0.29) is 0 Å². The van der Waals surface area contributed by atoms with Crippen molar-refractivity contribution in [3.8, 4) is 17.2 Å². The molecule has 0 atom stereocenters. The third-order valence-corrected chi connectivity index (χ3v) is 6.63. The van der Waals surface area contributed by atoms with Crippen molar-refractivity contribution in [1.82, 2.24) is 29.9 Å². The summed E-state index contributed by atoms with van der Waals surface area (Å²) < 4.78 is 13.3. The second-order valence-electron chi connectivity index (χ2n) is 8.76. The molecule has 10 nitrogen and oxygen atoms in total. The molecule has 3 N–H and O–H groups in total. The van der Waals surface area contributed by atoms with E-state index in [2.05, 4.69) is 36.0 Å². The molecule has 1 aliphatic rings. The molecule has 6 rings (SSSR count). The van der Waals surface area contributed by atoms with Crippen molar-refractivity contribution in [2.45, 2.75) is 18.9 Å². The van der Waals surface area contributed by atoms with Crippen molar-refractivity contribution in [1.29, 1.82) is 0 Å². The maximum atomic E-state index is 6.57. The zero-order chi connectivity index (χ0) is 25.2. The molecule has 1 saturated heterocycles. The van der Waals surface area contributed by atoms with Crippen LogP contribution in [0.3, 0.4) is 0 Å². The van der Waals surface area contributed by atoms with Crippen LogP contribution in [-0.4, -0.2) is 50.8 Å². The summed E-state index contributed by atoms with van der Waals surface area (Å²) in [6, 6.07) is 13.5. The number of ether oxygens (including phenoxy) is 2. The van der Waals surface area contributed by atoms with Crippen molar-refractivity contribution in [3.05, 3.63) is 66.3 Å². The lowest BCUT2D eigenvalue weighted by atomic mass is 10.1. The molecule has 3 aromatic heterocycles. The Labute approximate surface area is 218 Å². The molecule has 4 heterocycles. The fraction of sp³-hybridized carbons (Fsp3) is 0.231. The molecule has 0 spiro atoms. The number of methoxy groups -OCH3 is 1. The minimum Gasteiger partial charge on any atom is -0.495 e.